The highest BCUT2D eigenvalue weighted by Crippen LogP contribution is 2.27. The number of aryl methyl sites for hydroxylation is 3. The molecule has 0 saturated carbocycles. The van der Waals surface area contributed by atoms with Gasteiger partial charge >= 0.3 is 5.97 Å². The van der Waals surface area contributed by atoms with E-state index in [9.17, 15) is 14.4 Å². The standard InChI is InChI=1S/C26H30N2O6/c1-15(2)32-13-20-19-8-6-7-9-21(19)34-25(20)26(31)33-14-23(30)27-12-22(29)28-24-17(4)10-16(3)11-18(24)5/h6-11,15H,12-14H2,1-5H3,(H,27,30)(H,28,29). The van der Waals surface area contributed by atoms with Crippen LogP contribution < -0.4 is 10.6 Å². The minimum atomic E-state index is -0.774. The van der Waals surface area contributed by atoms with Gasteiger partial charge in [0.25, 0.3) is 5.91 Å². The Morgan fingerprint density at radius 1 is 1.00 bits per heavy atom. The molecule has 0 aliphatic heterocycles. The molecule has 0 bridgehead atoms. The van der Waals surface area contributed by atoms with Gasteiger partial charge in [0, 0.05) is 16.6 Å². The van der Waals surface area contributed by atoms with Crippen LogP contribution in [0.15, 0.2) is 40.8 Å². The highest BCUT2D eigenvalue weighted by atomic mass is 16.5. The highest BCUT2D eigenvalue weighted by molar-refractivity contribution is 5.98. The van der Waals surface area contributed by atoms with Gasteiger partial charge in [0.1, 0.15) is 5.58 Å². The van der Waals surface area contributed by atoms with E-state index < -0.39 is 18.5 Å². The number of hydrogen-bond donors (Lipinski definition) is 2. The molecule has 0 saturated heterocycles. The summed E-state index contributed by atoms with van der Waals surface area (Å²) in [4.78, 5) is 37.1. The zero-order valence-electron chi connectivity index (χ0n) is 20.1. The van der Waals surface area contributed by atoms with Crippen LogP contribution in [0.5, 0.6) is 0 Å². The highest BCUT2D eigenvalue weighted by Gasteiger charge is 2.23. The Hall–Kier alpha value is -3.65. The van der Waals surface area contributed by atoms with Gasteiger partial charge in [0.15, 0.2) is 6.61 Å². The Kier molecular flexibility index (Phi) is 8.07. The summed E-state index contributed by atoms with van der Waals surface area (Å²) in [6.07, 6.45) is -0.0399. The number of carbonyl (C=O) groups excluding carboxylic acids is 3. The van der Waals surface area contributed by atoms with Gasteiger partial charge in [-0.1, -0.05) is 35.9 Å². The van der Waals surface area contributed by atoms with Crippen LogP contribution in [-0.2, 0) is 25.7 Å². The molecule has 180 valence electrons. The van der Waals surface area contributed by atoms with Gasteiger partial charge in [-0.05, 0) is 51.8 Å². The van der Waals surface area contributed by atoms with E-state index in [4.69, 9.17) is 13.9 Å². The van der Waals surface area contributed by atoms with Crippen molar-refractivity contribution in [3.05, 3.63) is 64.4 Å². The molecule has 34 heavy (non-hydrogen) atoms. The fourth-order valence-electron chi connectivity index (χ4n) is 3.64. The third-order valence-corrected chi connectivity index (χ3v) is 5.17. The minimum absolute atomic E-state index is 0.00212. The molecular weight excluding hydrogens is 436 g/mol. The van der Waals surface area contributed by atoms with Gasteiger partial charge in [-0.3, -0.25) is 9.59 Å². The van der Waals surface area contributed by atoms with Crippen molar-refractivity contribution in [2.75, 3.05) is 18.5 Å². The molecule has 3 aromatic rings. The maximum Gasteiger partial charge on any atom is 0.375 e. The second-order valence-corrected chi connectivity index (χ2v) is 8.44. The van der Waals surface area contributed by atoms with Crippen LogP contribution in [0.2, 0.25) is 0 Å². The Morgan fingerprint density at radius 2 is 1.68 bits per heavy atom. The first-order valence-corrected chi connectivity index (χ1v) is 11.1. The van der Waals surface area contributed by atoms with Crippen molar-refractivity contribution in [2.45, 2.75) is 47.3 Å². The van der Waals surface area contributed by atoms with Crippen molar-refractivity contribution in [1.29, 1.82) is 0 Å². The molecule has 3 rings (SSSR count). The van der Waals surface area contributed by atoms with E-state index in [1.165, 1.54) is 0 Å². The number of benzene rings is 2. The lowest BCUT2D eigenvalue weighted by Crippen LogP contribution is -2.35. The predicted octanol–water partition coefficient (Wildman–Crippen LogP) is 4.19. The summed E-state index contributed by atoms with van der Waals surface area (Å²) in [6, 6.07) is 11.2. The van der Waals surface area contributed by atoms with E-state index in [2.05, 4.69) is 10.6 Å². The predicted molar refractivity (Wildman–Crippen MR) is 129 cm³/mol. The largest absolute Gasteiger partial charge is 0.450 e. The molecule has 0 radical (unpaired) electrons. The Balaban J connectivity index is 1.56. The summed E-state index contributed by atoms with van der Waals surface area (Å²) in [7, 11) is 0. The Morgan fingerprint density at radius 3 is 2.35 bits per heavy atom. The van der Waals surface area contributed by atoms with Gasteiger partial charge in [-0.15, -0.1) is 0 Å². The zero-order chi connectivity index (χ0) is 24.8. The van der Waals surface area contributed by atoms with Gasteiger partial charge in [0.2, 0.25) is 11.7 Å². The van der Waals surface area contributed by atoms with Crippen molar-refractivity contribution in [3.8, 4) is 0 Å². The number of hydrogen-bond acceptors (Lipinski definition) is 6. The minimum Gasteiger partial charge on any atom is -0.450 e. The van der Waals surface area contributed by atoms with E-state index in [1.807, 2.05) is 58.9 Å². The fraction of sp³-hybridized carbons (Fsp3) is 0.346. The van der Waals surface area contributed by atoms with Crippen LogP contribution in [0.25, 0.3) is 11.0 Å². The van der Waals surface area contributed by atoms with Gasteiger partial charge in [0.05, 0.1) is 19.3 Å². The van der Waals surface area contributed by atoms with E-state index in [1.54, 1.807) is 12.1 Å². The maximum absolute atomic E-state index is 12.6. The monoisotopic (exact) mass is 466 g/mol. The molecule has 2 aromatic carbocycles. The molecular formula is C26H30N2O6. The number of fused-ring (bicyclic) bond motifs is 1. The lowest BCUT2D eigenvalue weighted by molar-refractivity contribution is -0.126. The van der Waals surface area contributed by atoms with Gasteiger partial charge in [-0.25, -0.2) is 4.79 Å². The number of amides is 2. The number of nitrogens with one attached hydrogen (secondary N) is 2. The smallest absolute Gasteiger partial charge is 0.375 e. The topological polar surface area (TPSA) is 107 Å². The van der Waals surface area contributed by atoms with Crippen LogP contribution in [0.4, 0.5) is 5.69 Å². The lowest BCUT2D eigenvalue weighted by atomic mass is 10.1. The van der Waals surface area contributed by atoms with E-state index in [0.29, 0.717) is 11.1 Å². The van der Waals surface area contributed by atoms with Crippen LogP contribution >= 0.6 is 0 Å². The van der Waals surface area contributed by atoms with E-state index >= 15 is 0 Å². The summed E-state index contributed by atoms with van der Waals surface area (Å²) >= 11 is 0. The third-order valence-electron chi connectivity index (χ3n) is 5.17. The summed E-state index contributed by atoms with van der Waals surface area (Å²) in [5.41, 5.74) is 4.80. The molecule has 0 spiro atoms. The van der Waals surface area contributed by atoms with Crippen LogP contribution in [-0.4, -0.2) is 37.0 Å². The van der Waals surface area contributed by atoms with Crippen LogP contribution in [0.3, 0.4) is 0 Å². The average Bonchev–Trinajstić information content (AvgIpc) is 3.15. The third kappa shape index (κ3) is 6.23. The number of anilines is 1. The number of furan rings is 1. The number of carbonyl (C=O) groups is 3. The van der Waals surface area contributed by atoms with Gasteiger partial charge < -0.3 is 24.5 Å². The fourth-order valence-corrected chi connectivity index (χ4v) is 3.64. The molecule has 0 aliphatic rings. The number of rotatable bonds is 9. The second kappa shape index (κ2) is 11.0. The zero-order valence-corrected chi connectivity index (χ0v) is 20.1. The van der Waals surface area contributed by atoms with E-state index in [-0.39, 0.29) is 30.9 Å². The normalized spacial score (nSPS) is 11.0. The van der Waals surface area contributed by atoms with Gasteiger partial charge in [-0.2, -0.15) is 0 Å². The van der Waals surface area contributed by atoms with Crippen molar-refractivity contribution in [1.82, 2.24) is 5.32 Å². The molecule has 2 N–H and O–H groups in total. The molecule has 8 heteroatoms. The Labute approximate surface area is 198 Å². The number of ether oxygens (including phenoxy) is 2. The van der Waals surface area contributed by atoms with Crippen LogP contribution in [0.1, 0.15) is 46.7 Å². The molecule has 1 aromatic heterocycles. The number of esters is 1. The summed E-state index contributed by atoms with van der Waals surface area (Å²) in [5, 5.41) is 6.01. The SMILES string of the molecule is Cc1cc(C)c(NC(=O)CNC(=O)COC(=O)c2oc3ccccc3c2COC(C)C)c(C)c1. The van der Waals surface area contributed by atoms with Crippen molar-refractivity contribution in [2.24, 2.45) is 0 Å². The van der Waals surface area contributed by atoms with Crippen molar-refractivity contribution in [3.63, 3.8) is 0 Å². The second-order valence-electron chi connectivity index (χ2n) is 8.44. The summed E-state index contributed by atoms with van der Waals surface area (Å²) in [5.74, 6) is -1.75. The summed E-state index contributed by atoms with van der Waals surface area (Å²) < 4.78 is 16.5. The molecule has 0 unspecified atom stereocenters. The van der Waals surface area contributed by atoms with Crippen molar-refractivity contribution >= 4 is 34.4 Å². The maximum atomic E-state index is 12.6. The van der Waals surface area contributed by atoms with Crippen LogP contribution in [0, 0.1) is 20.8 Å². The quantitative estimate of drug-likeness (QED) is 0.458. The lowest BCUT2D eigenvalue weighted by Gasteiger charge is -2.13. The molecule has 0 atom stereocenters. The summed E-state index contributed by atoms with van der Waals surface area (Å²) in [6.45, 7) is 8.96. The molecule has 8 nitrogen and oxygen atoms in total. The van der Waals surface area contributed by atoms with E-state index in [0.717, 1.165) is 27.8 Å². The molecule has 0 fully saturated rings. The average molecular weight is 467 g/mol. The molecule has 2 amide bonds. The van der Waals surface area contributed by atoms with Crippen molar-refractivity contribution < 1.29 is 28.3 Å². The first-order chi connectivity index (χ1) is 16.2. The number of para-hydroxylation sites is 1. The molecule has 0 aliphatic carbocycles. The first-order valence-electron chi connectivity index (χ1n) is 11.1. The Bertz CT molecular complexity index is 1190. The first kappa shape index (κ1) is 25.0. The molecule has 1 heterocycles.